The number of aryl methyl sites for hydroxylation is 1. The van der Waals surface area contributed by atoms with E-state index >= 15 is 0 Å². The Morgan fingerprint density at radius 3 is 2.78 bits per heavy atom. The van der Waals surface area contributed by atoms with Crippen molar-refractivity contribution >= 4 is 22.3 Å². The summed E-state index contributed by atoms with van der Waals surface area (Å²) in [7, 11) is 0. The van der Waals surface area contributed by atoms with Crippen LogP contribution in [0.25, 0.3) is 10.9 Å². The summed E-state index contributed by atoms with van der Waals surface area (Å²) in [5.74, 6) is 0. The number of anilines is 2. The zero-order chi connectivity index (χ0) is 12.4. The van der Waals surface area contributed by atoms with Crippen LogP contribution in [0.4, 0.5) is 11.4 Å². The van der Waals surface area contributed by atoms with Crippen molar-refractivity contribution in [2.45, 2.75) is 6.92 Å². The molecule has 0 saturated heterocycles. The number of fused-ring (bicyclic) bond motifs is 1. The van der Waals surface area contributed by atoms with Gasteiger partial charge < -0.3 is 5.32 Å². The molecule has 3 nitrogen and oxygen atoms in total. The molecule has 0 aliphatic heterocycles. The summed E-state index contributed by atoms with van der Waals surface area (Å²) < 4.78 is 0. The second-order valence-electron chi connectivity index (χ2n) is 4.19. The van der Waals surface area contributed by atoms with E-state index in [1.54, 1.807) is 6.20 Å². The molecule has 3 rings (SSSR count). The quantitative estimate of drug-likeness (QED) is 0.736. The number of hydrogen-bond acceptors (Lipinski definition) is 3. The fraction of sp³-hybridized carbons (Fsp3) is 0.0667. The SMILES string of the molecule is Cc1cnccc1Nc1cccc2ncccc12. The van der Waals surface area contributed by atoms with Gasteiger partial charge >= 0.3 is 0 Å². The minimum atomic E-state index is 0.995. The van der Waals surface area contributed by atoms with E-state index in [4.69, 9.17) is 0 Å². The van der Waals surface area contributed by atoms with E-state index < -0.39 is 0 Å². The molecule has 1 N–H and O–H groups in total. The first-order valence-corrected chi connectivity index (χ1v) is 5.86. The van der Waals surface area contributed by atoms with Crippen molar-refractivity contribution in [1.82, 2.24) is 9.97 Å². The van der Waals surface area contributed by atoms with E-state index in [-0.39, 0.29) is 0 Å². The zero-order valence-corrected chi connectivity index (χ0v) is 10.1. The minimum absolute atomic E-state index is 0.995. The average Bonchev–Trinajstić information content (AvgIpc) is 2.42. The Morgan fingerprint density at radius 1 is 0.944 bits per heavy atom. The third kappa shape index (κ3) is 1.91. The molecular weight excluding hydrogens is 222 g/mol. The van der Waals surface area contributed by atoms with Gasteiger partial charge in [-0.3, -0.25) is 9.97 Å². The number of nitrogens with zero attached hydrogens (tertiary/aromatic N) is 2. The van der Waals surface area contributed by atoms with E-state index in [1.807, 2.05) is 43.6 Å². The minimum Gasteiger partial charge on any atom is -0.355 e. The highest BCUT2D eigenvalue weighted by Crippen LogP contribution is 2.26. The molecular formula is C15H13N3. The number of aromatic nitrogens is 2. The maximum Gasteiger partial charge on any atom is 0.0722 e. The van der Waals surface area contributed by atoms with Gasteiger partial charge in [0.15, 0.2) is 0 Å². The number of rotatable bonds is 2. The first-order chi connectivity index (χ1) is 8.84. The van der Waals surface area contributed by atoms with Crippen molar-refractivity contribution in [3.63, 3.8) is 0 Å². The predicted molar refractivity (Wildman–Crippen MR) is 74.0 cm³/mol. The first kappa shape index (κ1) is 10.7. The largest absolute Gasteiger partial charge is 0.355 e. The van der Waals surface area contributed by atoms with Crippen molar-refractivity contribution in [3.05, 3.63) is 60.6 Å². The van der Waals surface area contributed by atoms with Crippen molar-refractivity contribution in [2.75, 3.05) is 5.32 Å². The van der Waals surface area contributed by atoms with Gasteiger partial charge in [-0.2, -0.15) is 0 Å². The molecule has 2 heterocycles. The van der Waals surface area contributed by atoms with Gasteiger partial charge in [0, 0.05) is 35.4 Å². The van der Waals surface area contributed by atoms with Gasteiger partial charge in [0.1, 0.15) is 0 Å². The van der Waals surface area contributed by atoms with Crippen LogP contribution in [0.1, 0.15) is 5.56 Å². The third-order valence-electron chi connectivity index (χ3n) is 2.94. The molecule has 0 saturated carbocycles. The van der Waals surface area contributed by atoms with Gasteiger partial charge in [-0.1, -0.05) is 6.07 Å². The lowest BCUT2D eigenvalue weighted by Gasteiger charge is -2.11. The van der Waals surface area contributed by atoms with Crippen LogP contribution >= 0.6 is 0 Å². The summed E-state index contributed by atoms with van der Waals surface area (Å²) in [6.45, 7) is 2.04. The lowest BCUT2D eigenvalue weighted by molar-refractivity contribution is 1.27. The van der Waals surface area contributed by atoms with Gasteiger partial charge in [-0.25, -0.2) is 0 Å². The lowest BCUT2D eigenvalue weighted by Crippen LogP contribution is -1.94. The van der Waals surface area contributed by atoms with E-state index in [2.05, 4.69) is 27.4 Å². The molecule has 0 radical (unpaired) electrons. The third-order valence-corrected chi connectivity index (χ3v) is 2.94. The summed E-state index contributed by atoms with van der Waals surface area (Å²) in [5.41, 5.74) is 4.25. The second kappa shape index (κ2) is 4.45. The molecule has 88 valence electrons. The van der Waals surface area contributed by atoms with E-state index in [1.165, 1.54) is 0 Å². The summed E-state index contributed by atoms with van der Waals surface area (Å²) in [6, 6.07) is 12.1. The Hall–Kier alpha value is -2.42. The normalized spacial score (nSPS) is 10.5. The molecule has 18 heavy (non-hydrogen) atoms. The number of nitrogens with one attached hydrogen (secondary N) is 1. The smallest absolute Gasteiger partial charge is 0.0722 e. The van der Waals surface area contributed by atoms with Crippen LogP contribution in [0.3, 0.4) is 0 Å². The van der Waals surface area contributed by atoms with Crippen LogP contribution in [-0.4, -0.2) is 9.97 Å². The Bertz CT molecular complexity index is 687. The maximum atomic E-state index is 4.35. The van der Waals surface area contributed by atoms with Gasteiger partial charge in [-0.05, 0) is 42.8 Å². The van der Waals surface area contributed by atoms with Gasteiger partial charge in [0.05, 0.1) is 5.52 Å². The number of pyridine rings is 2. The molecule has 3 heteroatoms. The van der Waals surface area contributed by atoms with Gasteiger partial charge in [0.2, 0.25) is 0 Å². The fourth-order valence-corrected chi connectivity index (χ4v) is 1.97. The van der Waals surface area contributed by atoms with Crippen LogP contribution < -0.4 is 5.32 Å². The Morgan fingerprint density at radius 2 is 1.89 bits per heavy atom. The molecule has 0 amide bonds. The van der Waals surface area contributed by atoms with E-state index in [0.29, 0.717) is 0 Å². The van der Waals surface area contributed by atoms with Crippen molar-refractivity contribution in [1.29, 1.82) is 0 Å². The van der Waals surface area contributed by atoms with Gasteiger partial charge in [-0.15, -0.1) is 0 Å². The van der Waals surface area contributed by atoms with Crippen LogP contribution in [0.15, 0.2) is 55.0 Å². The molecule has 0 fully saturated rings. The molecule has 0 bridgehead atoms. The van der Waals surface area contributed by atoms with E-state index in [0.717, 1.165) is 27.8 Å². The van der Waals surface area contributed by atoms with Crippen LogP contribution in [0.2, 0.25) is 0 Å². The molecule has 0 aliphatic carbocycles. The highest BCUT2D eigenvalue weighted by Gasteiger charge is 2.02. The van der Waals surface area contributed by atoms with Crippen molar-refractivity contribution in [3.8, 4) is 0 Å². The number of benzene rings is 1. The molecule has 0 atom stereocenters. The Balaban J connectivity index is 2.08. The second-order valence-corrected chi connectivity index (χ2v) is 4.19. The standard InChI is InChI=1S/C15H13N3/c1-11-10-16-9-7-13(11)18-15-6-2-5-14-12(15)4-3-8-17-14/h2-10H,1H3,(H,16,18). The Kier molecular flexibility index (Phi) is 2.65. The van der Waals surface area contributed by atoms with Gasteiger partial charge in [0.25, 0.3) is 0 Å². The van der Waals surface area contributed by atoms with Crippen molar-refractivity contribution < 1.29 is 0 Å². The van der Waals surface area contributed by atoms with Crippen LogP contribution in [0, 0.1) is 6.92 Å². The fourth-order valence-electron chi connectivity index (χ4n) is 1.97. The summed E-state index contributed by atoms with van der Waals surface area (Å²) in [5, 5.41) is 4.56. The average molecular weight is 235 g/mol. The Labute approximate surface area is 106 Å². The van der Waals surface area contributed by atoms with E-state index in [9.17, 15) is 0 Å². The topological polar surface area (TPSA) is 37.8 Å². The number of hydrogen-bond donors (Lipinski definition) is 1. The highest BCUT2D eigenvalue weighted by atomic mass is 14.9. The zero-order valence-electron chi connectivity index (χ0n) is 10.1. The summed E-state index contributed by atoms with van der Waals surface area (Å²) in [6.07, 6.45) is 5.45. The lowest BCUT2D eigenvalue weighted by atomic mass is 10.1. The monoisotopic (exact) mass is 235 g/mol. The maximum absolute atomic E-state index is 4.35. The summed E-state index contributed by atoms with van der Waals surface area (Å²) in [4.78, 5) is 8.45. The summed E-state index contributed by atoms with van der Waals surface area (Å²) >= 11 is 0. The van der Waals surface area contributed by atoms with Crippen molar-refractivity contribution in [2.24, 2.45) is 0 Å². The van der Waals surface area contributed by atoms with Crippen LogP contribution in [0.5, 0.6) is 0 Å². The molecule has 3 aromatic rings. The molecule has 0 unspecified atom stereocenters. The first-order valence-electron chi connectivity index (χ1n) is 5.86. The molecule has 0 aliphatic rings. The molecule has 0 spiro atoms. The highest BCUT2D eigenvalue weighted by molar-refractivity contribution is 5.93. The predicted octanol–water partition coefficient (Wildman–Crippen LogP) is 3.68. The molecule has 1 aromatic carbocycles. The molecule has 2 aromatic heterocycles. The van der Waals surface area contributed by atoms with Crippen LogP contribution in [-0.2, 0) is 0 Å².